The summed E-state index contributed by atoms with van der Waals surface area (Å²) in [5.74, 6) is 2.76. The summed E-state index contributed by atoms with van der Waals surface area (Å²) in [5, 5.41) is 3.58. The molecule has 0 amide bonds. The fourth-order valence-electron chi connectivity index (χ4n) is 2.26. The molecule has 2 rings (SSSR count). The monoisotopic (exact) mass is 276 g/mol. The van der Waals surface area contributed by atoms with E-state index in [9.17, 15) is 0 Å². The number of terminal acetylenes is 1. The molecule has 0 spiro atoms. The summed E-state index contributed by atoms with van der Waals surface area (Å²) in [4.78, 5) is 5.25. The van der Waals surface area contributed by atoms with Crippen molar-refractivity contribution in [1.82, 2.24) is 10.2 Å². The van der Waals surface area contributed by atoms with E-state index in [1.54, 1.807) is 0 Å². The number of rotatable bonds is 8. The van der Waals surface area contributed by atoms with E-state index in [0.29, 0.717) is 0 Å². The van der Waals surface area contributed by atoms with E-state index in [4.69, 9.17) is 6.42 Å². The lowest BCUT2D eigenvalue weighted by Gasteiger charge is -2.18. The molecule has 0 aliphatic heterocycles. The van der Waals surface area contributed by atoms with Crippen molar-refractivity contribution >= 4 is 11.3 Å². The molecular weight excluding hydrogens is 252 g/mol. The summed E-state index contributed by atoms with van der Waals surface area (Å²) in [6.45, 7) is 8.27. The van der Waals surface area contributed by atoms with Crippen molar-refractivity contribution in [1.29, 1.82) is 0 Å². The number of aryl methyl sites for hydroxylation is 1. The van der Waals surface area contributed by atoms with E-state index < -0.39 is 0 Å². The van der Waals surface area contributed by atoms with Crippen LogP contribution in [0.5, 0.6) is 0 Å². The quantitative estimate of drug-likeness (QED) is 0.734. The molecule has 1 saturated carbocycles. The summed E-state index contributed by atoms with van der Waals surface area (Å²) < 4.78 is 0. The van der Waals surface area contributed by atoms with E-state index >= 15 is 0 Å². The largest absolute Gasteiger partial charge is 0.309 e. The van der Waals surface area contributed by atoms with Gasteiger partial charge in [0.05, 0.1) is 6.54 Å². The maximum atomic E-state index is 5.45. The first kappa shape index (κ1) is 14.6. The number of hydrogen-bond donors (Lipinski definition) is 1. The fourth-order valence-corrected chi connectivity index (χ4v) is 3.27. The maximum absolute atomic E-state index is 5.45. The molecule has 0 unspecified atom stereocenters. The van der Waals surface area contributed by atoms with Crippen LogP contribution in [0.4, 0.5) is 0 Å². The van der Waals surface area contributed by atoms with Gasteiger partial charge in [-0.3, -0.25) is 4.90 Å². The van der Waals surface area contributed by atoms with Gasteiger partial charge in [-0.1, -0.05) is 12.8 Å². The fraction of sp³-hybridized carbons (Fsp3) is 0.625. The van der Waals surface area contributed by atoms with E-state index in [0.717, 1.165) is 38.6 Å². The van der Waals surface area contributed by atoms with Crippen LogP contribution < -0.4 is 5.32 Å². The minimum Gasteiger partial charge on any atom is -0.309 e. The second-order valence-electron chi connectivity index (χ2n) is 5.36. The molecule has 0 aromatic carbocycles. The van der Waals surface area contributed by atoms with E-state index in [1.165, 1.54) is 28.2 Å². The summed E-state index contributed by atoms with van der Waals surface area (Å²) in [6, 6.07) is 3.14. The van der Waals surface area contributed by atoms with Gasteiger partial charge in [0.15, 0.2) is 0 Å². The van der Waals surface area contributed by atoms with Gasteiger partial charge in [-0.25, -0.2) is 0 Å². The summed E-state index contributed by atoms with van der Waals surface area (Å²) in [6.07, 6.45) is 9.30. The third-order valence-corrected chi connectivity index (χ3v) is 4.56. The first-order valence-corrected chi connectivity index (χ1v) is 8.02. The van der Waals surface area contributed by atoms with Crippen molar-refractivity contribution in [3.8, 4) is 12.3 Å². The molecule has 1 aromatic rings. The molecule has 0 atom stereocenters. The molecule has 104 valence electrons. The molecule has 19 heavy (non-hydrogen) atoms. The molecule has 3 heteroatoms. The lowest BCUT2D eigenvalue weighted by molar-refractivity contribution is 0.299. The van der Waals surface area contributed by atoms with Crippen LogP contribution in [0.15, 0.2) is 6.07 Å². The smallest absolute Gasteiger partial charge is 0.0601 e. The van der Waals surface area contributed by atoms with Crippen molar-refractivity contribution in [2.24, 2.45) is 0 Å². The Bertz CT molecular complexity index is 440. The van der Waals surface area contributed by atoms with Crippen LogP contribution in [-0.2, 0) is 13.1 Å². The molecule has 2 nitrogen and oxygen atoms in total. The van der Waals surface area contributed by atoms with Crippen LogP contribution in [0.1, 0.15) is 41.5 Å². The van der Waals surface area contributed by atoms with Gasteiger partial charge in [0.2, 0.25) is 0 Å². The number of nitrogens with zero attached hydrogens (tertiary/aromatic N) is 1. The van der Waals surface area contributed by atoms with Crippen LogP contribution in [-0.4, -0.2) is 24.0 Å². The van der Waals surface area contributed by atoms with Gasteiger partial charge >= 0.3 is 0 Å². The minimum absolute atomic E-state index is 0.749. The van der Waals surface area contributed by atoms with E-state index in [1.807, 2.05) is 11.3 Å². The number of hydrogen-bond acceptors (Lipinski definition) is 3. The number of thiophene rings is 1. The van der Waals surface area contributed by atoms with E-state index in [-0.39, 0.29) is 0 Å². The lowest BCUT2D eigenvalue weighted by Crippen LogP contribution is -2.24. The highest BCUT2D eigenvalue weighted by molar-refractivity contribution is 7.12. The van der Waals surface area contributed by atoms with Crippen molar-refractivity contribution in [3.05, 3.63) is 21.4 Å². The zero-order chi connectivity index (χ0) is 13.7. The molecular formula is C16H24N2S. The summed E-state index contributed by atoms with van der Waals surface area (Å²) in [5.41, 5.74) is 1.45. The third-order valence-electron chi connectivity index (χ3n) is 3.46. The van der Waals surface area contributed by atoms with Crippen LogP contribution in [0.2, 0.25) is 0 Å². The number of nitrogens with one attached hydrogen (secondary N) is 1. The van der Waals surface area contributed by atoms with Gasteiger partial charge in [0.25, 0.3) is 0 Å². The molecule has 1 aromatic heterocycles. The highest BCUT2D eigenvalue weighted by Crippen LogP contribution is 2.25. The average Bonchev–Trinajstić information content (AvgIpc) is 3.14. The molecule has 1 heterocycles. The molecule has 1 fully saturated rings. The molecule has 0 radical (unpaired) electrons. The average molecular weight is 276 g/mol. The van der Waals surface area contributed by atoms with Crippen molar-refractivity contribution < 1.29 is 0 Å². The second kappa shape index (κ2) is 7.09. The Morgan fingerprint density at radius 3 is 2.95 bits per heavy atom. The van der Waals surface area contributed by atoms with Gasteiger partial charge in [-0.2, -0.15) is 0 Å². The SMILES string of the molecule is C#CCN(CCC)Cc1cc(CNC2CC2)sc1C. The molecule has 0 saturated heterocycles. The van der Waals surface area contributed by atoms with Gasteiger partial charge in [0, 0.05) is 28.9 Å². The second-order valence-corrected chi connectivity index (χ2v) is 6.70. The van der Waals surface area contributed by atoms with Gasteiger partial charge in [0.1, 0.15) is 0 Å². The van der Waals surface area contributed by atoms with Crippen molar-refractivity contribution in [3.63, 3.8) is 0 Å². The van der Waals surface area contributed by atoms with Crippen LogP contribution >= 0.6 is 11.3 Å². The summed E-state index contributed by atoms with van der Waals surface area (Å²) >= 11 is 1.92. The van der Waals surface area contributed by atoms with Gasteiger partial charge in [-0.05, 0) is 44.4 Å². The van der Waals surface area contributed by atoms with E-state index in [2.05, 4.69) is 36.1 Å². The van der Waals surface area contributed by atoms with Gasteiger partial charge < -0.3 is 5.32 Å². The van der Waals surface area contributed by atoms with Crippen LogP contribution in [0.3, 0.4) is 0 Å². The normalized spacial score (nSPS) is 14.8. The lowest BCUT2D eigenvalue weighted by atomic mass is 10.2. The highest BCUT2D eigenvalue weighted by Gasteiger charge is 2.20. The predicted molar refractivity (Wildman–Crippen MR) is 83.3 cm³/mol. The van der Waals surface area contributed by atoms with Crippen molar-refractivity contribution in [2.45, 2.75) is 52.2 Å². The predicted octanol–water partition coefficient (Wildman–Crippen LogP) is 3.15. The molecule has 1 N–H and O–H groups in total. The first-order valence-electron chi connectivity index (χ1n) is 7.20. The standard InChI is InChI=1S/C16H24N2S/c1-4-8-18(9-5-2)12-14-10-16(19-13(14)3)11-17-15-6-7-15/h1,10,15,17H,5-9,11-12H2,2-3H3. The molecule has 0 bridgehead atoms. The Kier molecular flexibility index (Phi) is 5.45. The van der Waals surface area contributed by atoms with Crippen molar-refractivity contribution in [2.75, 3.05) is 13.1 Å². The Labute approximate surface area is 121 Å². The van der Waals surface area contributed by atoms with Crippen LogP contribution in [0, 0.1) is 19.3 Å². The third kappa shape index (κ3) is 4.65. The van der Waals surface area contributed by atoms with Crippen LogP contribution in [0.25, 0.3) is 0 Å². The molecule has 1 aliphatic rings. The summed E-state index contributed by atoms with van der Waals surface area (Å²) in [7, 11) is 0. The Balaban J connectivity index is 1.92. The maximum Gasteiger partial charge on any atom is 0.0601 e. The highest BCUT2D eigenvalue weighted by atomic mass is 32.1. The topological polar surface area (TPSA) is 15.3 Å². The molecule has 1 aliphatic carbocycles. The Hall–Kier alpha value is -0.820. The van der Waals surface area contributed by atoms with Gasteiger partial charge in [-0.15, -0.1) is 17.8 Å². The Morgan fingerprint density at radius 2 is 2.32 bits per heavy atom. The zero-order valence-corrected chi connectivity index (χ0v) is 12.9. The first-order chi connectivity index (χ1) is 9.22. The minimum atomic E-state index is 0.749. The zero-order valence-electron chi connectivity index (χ0n) is 12.0. The Morgan fingerprint density at radius 1 is 1.53 bits per heavy atom.